The molecular weight excluding hydrogens is 435 g/mol. The Morgan fingerprint density at radius 2 is 1.82 bits per heavy atom. The van der Waals surface area contributed by atoms with E-state index >= 15 is 0 Å². The Morgan fingerprint density at radius 3 is 2.42 bits per heavy atom. The highest BCUT2D eigenvalue weighted by Gasteiger charge is 2.33. The molecule has 0 radical (unpaired) electrons. The summed E-state index contributed by atoms with van der Waals surface area (Å²) in [7, 11) is 0. The van der Waals surface area contributed by atoms with Gasteiger partial charge in [-0.05, 0) is 61.7 Å². The molecule has 174 valence electrons. The summed E-state index contributed by atoms with van der Waals surface area (Å²) in [5.41, 5.74) is 0.746. The molecule has 1 heterocycles. The normalized spacial score (nSPS) is 13.7. The third-order valence-corrected chi connectivity index (χ3v) is 5.39. The molecule has 1 aromatic heterocycles. The molecule has 1 fully saturated rings. The lowest BCUT2D eigenvalue weighted by Crippen LogP contribution is -2.32. The number of aryl methyl sites for hydroxylation is 1. The van der Waals surface area contributed by atoms with Crippen LogP contribution in [0.3, 0.4) is 0 Å². The molecule has 1 aliphatic carbocycles. The highest BCUT2D eigenvalue weighted by Crippen LogP contribution is 2.31. The lowest BCUT2D eigenvalue weighted by Gasteiger charge is -2.22. The number of aromatic nitrogens is 2. The Balaban J connectivity index is 1.35. The molecule has 0 aliphatic heterocycles. The van der Waals surface area contributed by atoms with E-state index in [9.17, 15) is 18.0 Å². The summed E-state index contributed by atoms with van der Waals surface area (Å²) in [5.74, 6) is 1.46. The molecule has 0 atom stereocenters. The van der Waals surface area contributed by atoms with Gasteiger partial charge in [0.15, 0.2) is 0 Å². The lowest BCUT2D eigenvalue weighted by molar-refractivity contribution is -0.137. The van der Waals surface area contributed by atoms with Gasteiger partial charge in [-0.25, -0.2) is 0 Å². The van der Waals surface area contributed by atoms with Crippen molar-refractivity contribution in [3.05, 3.63) is 65.5 Å². The average Bonchev–Trinajstić information content (AvgIpc) is 3.53. The number of hydrogen-bond donors (Lipinski definition) is 0. The molecule has 4 rings (SSSR count). The van der Waals surface area contributed by atoms with Gasteiger partial charge in [0.25, 0.3) is 0 Å². The fourth-order valence-corrected chi connectivity index (χ4v) is 3.50. The van der Waals surface area contributed by atoms with Gasteiger partial charge in [0.1, 0.15) is 5.75 Å². The zero-order valence-electron chi connectivity index (χ0n) is 18.1. The monoisotopic (exact) mass is 459 g/mol. The minimum Gasteiger partial charge on any atom is -0.494 e. The first-order valence-electron chi connectivity index (χ1n) is 10.8. The zero-order chi connectivity index (χ0) is 23.4. The summed E-state index contributed by atoms with van der Waals surface area (Å²) in [6.07, 6.45) is -2.11. The Hall–Kier alpha value is -3.36. The Labute approximate surface area is 189 Å². The van der Waals surface area contributed by atoms with Gasteiger partial charge < -0.3 is 14.2 Å². The number of halogens is 3. The van der Waals surface area contributed by atoms with Crippen molar-refractivity contribution in [2.75, 3.05) is 6.61 Å². The van der Waals surface area contributed by atoms with Gasteiger partial charge in [-0.2, -0.15) is 18.2 Å². The Morgan fingerprint density at radius 1 is 1.12 bits per heavy atom. The number of amides is 1. The largest absolute Gasteiger partial charge is 0.494 e. The molecule has 3 aromatic rings. The second-order valence-electron chi connectivity index (χ2n) is 7.92. The van der Waals surface area contributed by atoms with E-state index in [2.05, 4.69) is 10.1 Å². The molecule has 6 nitrogen and oxygen atoms in total. The highest BCUT2D eigenvalue weighted by atomic mass is 19.4. The maximum atomic E-state index is 12.8. The van der Waals surface area contributed by atoms with Crippen molar-refractivity contribution < 1.29 is 27.2 Å². The first-order valence-corrected chi connectivity index (χ1v) is 10.8. The van der Waals surface area contributed by atoms with Crippen LogP contribution in [0.4, 0.5) is 13.2 Å². The van der Waals surface area contributed by atoms with Crippen molar-refractivity contribution in [3.8, 4) is 17.1 Å². The molecule has 0 bridgehead atoms. The number of rotatable bonds is 9. The van der Waals surface area contributed by atoms with Crippen LogP contribution in [-0.2, 0) is 23.9 Å². The predicted molar refractivity (Wildman–Crippen MR) is 114 cm³/mol. The van der Waals surface area contributed by atoms with Crippen LogP contribution in [0.1, 0.15) is 43.2 Å². The molecule has 0 unspecified atom stereocenters. The smallest absolute Gasteiger partial charge is 0.416 e. The molecule has 9 heteroatoms. The molecule has 0 N–H and O–H groups in total. The number of carbonyl (C=O) groups is 1. The van der Waals surface area contributed by atoms with E-state index in [-0.39, 0.29) is 24.9 Å². The van der Waals surface area contributed by atoms with Crippen molar-refractivity contribution in [2.45, 2.75) is 51.4 Å². The summed E-state index contributed by atoms with van der Waals surface area (Å²) in [4.78, 5) is 18.9. The summed E-state index contributed by atoms with van der Waals surface area (Å²) >= 11 is 0. The zero-order valence-corrected chi connectivity index (χ0v) is 18.1. The third-order valence-electron chi connectivity index (χ3n) is 5.39. The van der Waals surface area contributed by atoms with Crippen LogP contribution in [-0.4, -0.2) is 33.6 Å². The van der Waals surface area contributed by atoms with Crippen LogP contribution in [0.25, 0.3) is 11.4 Å². The highest BCUT2D eigenvalue weighted by molar-refractivity contribution is 5.77. The minimum absolute atomic E-state index is 0.0850. The average molecular weight is 459 g/mol. The summed E-state index contributed by atoms with van der Waals surface area (Å²) in [6.45, 7) is 2.77. The molecule has 0 saturated heterocycles. The number of benzene rings is 2. The van der Waals surface area contributed by atoms with Gasteiger partial charge in [0.2, 0.25) is 17.6 Å². The van der Waals surface area contributed by atoms with E-state index in [0.717, 1.165) is 36.3 Å². The van der Waals surface area contributed by atoms with Crippen LogP contribution in [0, 0.1) is 0 Å². The van der Waals surface area contributed by atoms with E-state index in [0.29, 0.717) is 30.3 Å². The van der Waals surface area contributed by atoms with Crippen LogP contribution < -0.4 is 4.74 Å². The van der Waals surface area contributed by atoms with Crippen molar-refractivity contribution in [3.63, 3.8) is 0 Å². The van der Waals surface area contributed by atoms with Gasteiger partial charge in [0.05, 0.1) is 12.2 Å². The van der Waals surface area contributed by atoms with Crippen LogP contribution >= 0.6 is 0 Å². The first kappa shape index (κ1) is 22.8. The maximum Gasteiger partial charge on any atom is 0.416 e. The van der Waals surface area contributed by atoms with E-state index < -0.39 is 11.7 Å². The number of alkyl halides is 3. The second-order valence-corrected chi connectivity index (χ2v) is 7.92. The minimum atomic E-state index is -4.38. The van der Waals surface area contributed by atoms with Crippen LogP contribution in [0.15, 0.2) is 53.1 Å². The number of ether oxygens (including phenoxy) is 1. The van der Waals surface area contributed by atoms with E-state index in [1.807, 2.05) is 31.2 Å². The molecule has 1 aliphatic rings. The standard InChI is InChI=1S/C24H24F3N3O3/c1-2-32-20-11-5-17(6-12-20)23-28-21(33-29-23)13-14-22(31)30(19-9-10-19)15-16-3-7-18(8-4-16)24(25,26)27/h3-8,11-12,19H,2,9-10,13-15H2,1H3. The Kier molecular flexibility index (Phi) is 6.67. The van der Waals surface area contributed by atoms with Gasteiger partial charge >= 0.3 is 6.18 Å². The molecule has 2 aromatic carbocycles. The van der Waals surface area contributed by atoms with Crippen molar-refractivity contribution in [1.29, 1.82) is 0 Å². The number of hydrogen-bond acceptors (Lipinski definition) is 5. The van der Waals surface area contributed by atoms with Gasteiger partial charge in [-0.15, -0.1) is 0 Å². The van der Waals surface area contributed by atoms with Crippen molar-refractivity contribution in [2.24, 2.45) is 0 Å². The van der Waals surface area contributed by atoms with Gasteiger partial charge in [0, 0.05) is 31.0 Å². The van der Waals surface area contributed by atoms with E-state index in [4.69, 9.17) is 9.26 Å². The summed E-state index contributed by atoms with van der Waals surface area (Å²) < 4.78 is 49.1. The molecule has 33 heavy (non-hydrogen) atoms. The number of nitrogens with zero attached hydrogens (tertiary/aromatic N) is 3. The summed E-state index contributed by atoms with van der Waals surface area (Å²) in [6, 6.07) is 12.4. The predicted octanol–water partition coefficient (Wildman–Crippen LogP) is 5.28. The van der Waals surface area contributed by atoms with Gasteiger partial charge in [-0.1, -0.05) is 17.3 Å². The van der Waals surface area contributed by atoms with Gasteiger partial charge in [-0.3, -0.25) is 4.79 Å². The third kappa shape index (κ3) is 5.91. The molecular formula is C24H24F3N3O3. The summed E-state index contributed by atoms with van der Waals surface area (Å²) in [5, 5.41) is 3.98. The Bertz CT molecular complexity index is 1070. The van der Waals surface area contributed by atoms with Crippen LogP contribution in [0.5, 0.6) is 5.75 Å². The quantitative estimate of drug-likeness (QED) is 0.436. The first-order chi connectivity index (χ1) is 15.8. The van der Waals surface area contributed by atoms with Crippen molar-refractivity contribution in [1.82, 2.24) is 15.0 Å². The molecule has 0 spiro atoms. The number of carbonyl (C=O) groups excluding carboxylic acids is 1. The molecule has 1 saturated carbocycles. The maximum absolute atomic E-state index is 12.8. The van der Waals surface area contributed by atoms with E-state index in [1.165, 1.54) is 12.1 Å². The fraction of sp³-hybridized carbons (Fsp3) is 0.375. The lowest BCUT2D eigenvalue weighted by atomic mass is 10.1. The SMILES string of the molecule is CCOc1ccc(-c2noc(CCC(=O)N(Cc3ccc(C(F)(F)F)cc3)C3CC3)n2)cc1. The topological polar surface area (TPSA) is 68.5 Å². The molecule has 1 amide bonds. The van der Waals surface area contributed by atoms with Crippen LogP contribution in [0.2, 0.25) is 0 Å². The van der Waals surface area contributed by atoms with Crippen molar-refractivity contribution >= 4 is 5.91 Å². The van der Waals surface area contributed by atoms with E-state index in [1.54, 1.807) is 4.90 Å². The fourth-order valence-electron chi connectivity index (χ4n) is 3.50. The second kappa shape index (κ2) is 9.64.